The van der Waals surface area contributed by atoms with E-state index in [4.69, 9.17) is 28.4 Å². The fourth-order valence-corrected chi connectivity index (χ4v) is 13.2. The van der Waals surface area contributed by atoms with E-state index in [0.717, 1.165) is 45.1 Å². The summed E-state index contributed by atoms with van der Waals surface area (Å²) < 4.78 is 37.1. The molecule has 0 aromatic rings. The maximum Gasteiger partial charge on any atom is 0.187 e. The molecule has 4 saturated heterocycles. The van der Waals surface area contributed by atoms with Gasteiger partial charge in [-0.25, -0.2) is 0 Å². The lowest BCUT2D eigenvalue weighted by atomic mass is 9.44. The summed E-state index contributed by atoms with van der Waals surface area (Å²) in [6.45, 7) is 9.32. The van der Waals surface area contributed by atoms with Crippen LogP contribution in [-0.4, -0.2) is 135 Å². The number of hydrogen-bond acceptors (Lipinski definition) is 13. The number of rotatable bonds is 6. The van der Waals surface area contributed by atoms with Crippen molar-refractivity contribution in [1.29, 1.82) is 0 Å². The van der Waals surface area contributed by atoms with E-state index in [0.29, 0.717) is 41.4 Å². The Labute approximate surface area is 307 Å². The van der Waals surface area contributed by atoms with E-state index >= 15 is 0 Å². The summed E-state index contributed by atoms with van der Waals surface area (Å²) >= 11 is 0. The lowest BCUT2D eigenvalue weighted by molar-refractivity contribution is -0.365. The van der Waals surface area contributed by atoms with Crippen molar-refractivity contribution in [3.05, 3.63) is 0 Å². The van der Waals surface area contributed by atoms with E-state index in [1.54, 1.807) is 0 Å². The number of ether oxygens (including phenoxy) is 6. The Morgan fingerprint density at radius 2 is 1.37 bits per heavy atom. The smallest absolute Gasteiger partial charge is 0.187 e. The van der Waals surface area contributed by atoms with Gasteiger partial charge in [0.15, 0.2) is 18.4 Å². The maximum atomic E-state index is 11.4. The van der Waals surface area contributed by atoms with E-state index in [1.807, 2.05) is 0 Å². The average Bonchev–Trinajstić information content (AvgIpc) is 3.58. The molecular formula is C39H64O13. The molecule has 0 bridgehead atoms. The fourth-order valence-electron chi connectivity index (χ4n) is 13.2. The van der Waals surface area contributed by atoms with Crippen molar-refractivity contribution in [2.24, 2.45) is 52.3 Å². The Kier molecular flexibility index (Phi) is 10.4. The molecule has 0 amide bonds. The highest BCUT2D eigenvalue weighted by Crippen LogP contribution is 2.71. The Morgan fingerprint density at radius 3 is 2.06 bits per heavy atom. The molecule has 7 N–H and O–H groups in total. The van der Waals surface area contributed by atoms with E-state index in [1.165, 1.54) is 25.7 Å². The van der Waals surface area contributed by atoms with Crippen molar-refractivity contribution < 1.29 is 64.2 Å². The van der Waals surface area contributed by atoms with E-state index in [9.17, 15) is 35.7 Å². The summed E-state index contributed by atoms with van der Waals surface area (Å²) in [6.07, 6.45) is -3.83. The molecule has 4 aliphatic heterocycles. The molecule has 0 aromatic carbocycles. The molecular weight excluding hydrogens is 676 g/mol. The molecule has 4 saturated carbocycles. The Morgan fingerprint density at radius 1 is 0.673 bits per heavy atom. The van der Waals surface area contributed by atoms with Gasteiger partial charge in [-0.05, 0) is 104 Å². The SMILES string of the molecule is C[C@H]1CCC2(OC1)OC1CC3C4CC[C@@H]5C[C@@H](O[C@@H]6O[C@H](CO)[C@@H](O)[C@H](O[C@@H]7O[C@H](CO)[C@@H](O)[C@H](O)[C@H]7O)[C@H]6O)CC[C@]5(C)C4CC[C@]3(C)C1[C@@H]2C. The lowest BCUT2D eigenvalue weighted by Gasteiger charge is -2.61. The van der Waals surface area contributed by atoms with Crippen molar-refractivity contribution in [1.82, 2.24) is 0 Å². The Bertz CT molecular complexity index is 1260. The lowest BCUT2D eigenvalue weighted by Crippen LogP contribution is -2.65. The van der Waals surface area contributed by atoms with E-state index in [2.05, 4.69) is 27.7 Å². The second-order valence-electron chi connectivity index (χ2n) is 18.7. The molecule has 8 aliphatic rings. The molecule has 0 aromatic heterocycles. The third kappa shape index (κ3) is 5.98. The average molecular weight is 741 g/mol. The highest BCUT2D eigenvalue weighted by Gasteiger charge is 2.69. The minimum Gasteiger partial charge on any atom is -0.394 e. The second kappa shape index (κ2) is 14.1. The van der Waals surface area contributed by atoms with Crippen molar-refractivity contribution in [2.75, 3.05) is 19.8 Å². The minimum atomic E-state index is -1.72. The van der Waals surface area contributed by atoms with Crippen LogP contribution in [0, 0.1) is 52.3 Å². The van der Waals surface area contributed by atoms with Gasteiger partial charge in [0.2, 0.25) is 0 Å². The van der Waals surface area contributed by atoms with Crippen LogP contribution in [0.3, 0.4) is 0 Å². The number of aliphatic hydroxyl groups excluding tert-OH is 7. The number of fused-ring (bicyclic) bond motifs is 7. The Balaban J connectivity index is 0.917. The largest absolute Gasteiger partial charge is 0.394 e. The van der Waals surface area contributed by atoms with Gasteiger partial charge >= 0.3 is 0 Å². The van der Waals surface area contributed by atoms with Crippen LogP contribution in [0.2, 0.25) is 0 Å². The topological polar surface area (TPSA) is 197 Å². The first-order valence-electron chi connectivity index (χ1n) is 20.3. The number of hydrogen-bond donors (Lipinski definition) is 7. The molecule has 8 fully saturated rings. The molecule has 13 nitrogen and oxygen atoms in total. The molecule has 22 atom stereocenters. The monoisotopic (exact) mass is 740 g/mol. The van der Waals surface area contributed by atoms with Gasteiger partial charge in [-0.1, -0.05) is 27.7 Å². The van der Waals surface area contributed by atoms with Gasteiger partial charge in [0, 0.05) is 12.3 Å². The highest BCUT2D eigenvalue weighted by molar-refractivity contribution is 5.15. The maximum absolute atomic E-state index is 11.4. The van der Waals surface area contributed by atoms with Gasteiger partial charge < -0.3 is 64.2 Å². The summed E-state index contributed by atoms with van der Waals surface area (Å²) in [4.78, 5) is 0. The van der Waals surface area contributed by atoms with Crippen LogP contribution in [0.15, 0.2) is 0 Å². The van der Waals surface area contributed by atoms with Crippen LogP contribution >= 0.6 is 0 Å². The summed E-state index contributed by atoms with van der Waals surface area (Å²) in [5.41, 5.74) is 0.448. The van der Waals surface area contributed by atoms with Gasteiger partial charge in [0.1, 0.15) is 48.8 Å². The van der Waals surface area contributed by atoms with Gasteiger partial charge in [0.25, 0.3) is 0 Å². The van der Waals surface area contributed by atoms with Crippen LogP contribution < -0.4 is 0 Å². The second-order valence-corrected chi connectivity index (χ2v) is 18.7. The van der Waals surface area contributed by atoms with Crippen LogP contribution in [0.1, 0.15) is 91.9 Å². The zero-order valence-corrected chi connectivity index (χ0v) is 31.2. The van der Waals surface area contributed by atoms with E-state index in [-0.39, 0.29) is 23.0 Å². The van der Waals surface area contributed by atoms with Crippen LogP contribution in [-0.2, 0) is 28.4 Å². The van der Waals surface area contributed by atoms with Gasteiger partial charge in [-0.3, -0.25) is 0 Å². The predicted molar refractivity (Wildman–Crippen MR) is 183 cm³/mol. The summed E-state index contributed by atoms with van der Waals surface area (Å²) in [5, 5.41) is 73.0. The first-order valence-corrected chi connectivity index (χ1v) is 20.3. The third-order valence-corrected chi connectivity index (χ3v) is 16.2. The van der Waals surface area contributed by atoms with Crippen molar-refractivity contribution in [2.45, 2.75) is 171 Å². The Hall–Kier alpha value is -0.520. The fraction of sp³-hybridized carbons (Fsp3) is 1.00. The number of aliphatic hydroxyl groups is 7. The zero-order chi connectivity index (χ0) is 36.9. The molecule has 4 heterocycles. The molecule has 8 rings (SSSR count). The van der Waals surface area contributed by atoms with Crippen LogP contribution in [0.5, 0.6) is 0 Å². The van der Waals surface area contributed by atoms with Crippen molar-refractivity contribution >= 4 is 0 Å². The molecule has 298 valence electrons. The van der Waals surface area contributed by atoms with Gasteiger partial charge in [0.05, 0.1) is 32.0 Å². The van der Waals surface area contributed by atoms with E-state index < -0.39 is 80.4 Å². The molecule has 0 radical (unpaired) electrons. The standard InChI is InChI=1S/C39H64O13/c1-18-7-12-39(47-17-18)19(2)28-25(52-39)14-24-22-6-5-20-13-21(8-10-37(20,3)23(22)9-11-38(24,28)4)48-36-33(46)34(30(43)27(16-41)50-36)51-35-32(45)31(44)29(42)26(15-40)49-35/h18-36,40-46H,5-17H2,1-4H3/t18-,19-,20+,21-,22?,23?,24?,25?,26+,27+,28?,29+,30+,31-,32+,33+,34-,35-,36+,37-,38-,39?/m0/s1. The molecule has 6 unspecified atom stereocenters. The zero-order valence-electron chi connectivity index (χ0n) is 31.2. The normalized spacial score (nSPS) is 59.0. The molecule has 4 aliphatic carbocycles. The molecule has 13 heteroatoms. The van der Waals surface area contributed by atoms with Crippen molar-refractivity contribution in [3.63, 3.8) is 0 Å². The van der Waals surface area contributed by atoms with Crippen LogP contribution in [0.4, 0.5) is 0 Å². The van der Waals surface area contributed by atoms with Crippen molar-refractivity contribution in [3.8, 4) is 0 Å². The molecule has 1 spiro atoms. The van der Waals surface area contributed by atoms with Gasteiger partial charge in [-0.15, -0.1) is 0 Å². The van der Waals surface area contributed by atoms with Crippen LogP contribution in [0.25, 0.3) is 0 Å². The first-order chi connectivity index (χ1) is 24.7. The minimum absolute atomic E-state index is 0.183. The first kappa shape index (κ1) is 38.4. The quantitative estimate of drug-likeness (QED) is 0.194. The summed E-state index contributed by atoms with van der Waals surface area (Å²) in [5.74, 6) is 3.57. The summed E-state index contributed by atoms with van der Waals surface area (Å²) in [6, 6.07) is 0. The molecule has 52 heavy (non-hydrogen) atoms. The third-order valence-electron chi connectivity index (χ3n) is 16.2. The highest BCUT2D eigenvalue weighted by atomic mass is 16.7. The predicted octanol–water partition coefficient (Wildman–Crippen LogP) is 1.44. The van der Waals surface area contributed by atoms with Gasteiger partial charge in [-0.2, -0.15) is 0 Å². The summed E-state index contributed by atoms with van der Waals surface area (Å²) in [7, 11) is 0.